The van der Waals surface area contributed by atoms with E-state index in [4.69, 9.17) is 4.74 Å². The van der Waals surface area contributed by atoms with E-state index in [1.807, 2.05) is 23.9 Å². The van der Waals surface area contributed by atoms with Crippen LogP contribution in [0, 0.1) is 0 Å². The number of hydrogen-bond donors (Lipinski definition) is 1. The number of nitrogens with zero attached hydrogens (tertiary/aromatic N) is 3. The van der Waals surface area contributed by atoms with Gasteiger partial charge in [0, 0.05) is 16.7 Å². The van der Waals surface area contributed by atoms with Crippen molar-refractivity contribution in [2.45, 2.75) is 25.9 Å². The van der Waals surface area contributed by atoms with Crippen LogP contribution in [0.5, 0.6) is 5.75 Å². The quantitative estimate of drug-likeness (QED) is 0.910. The first-order valence-corrected chi connectivity index (χ1v) is 7.27. The van der Waals surface area contributed by atoms with Crippen LogP contribution >= 0.6 is 15.9 Å². The van der Waals surface area contributed by atoms with E-state index >= 15 is 0 Å². The molecule has 20 heavy (non-hydrogen) atoms. The molecule has 0 aliphatic carbocycles. The third-order valence-electron chi connectivity index (χ3n) is 3.12. The summed E-state index contributed by atoms with van der Waals surface area (Å²) in [5, 5.41) is 7.70. The second-order valence-corrected chi connectivity index (χ2v) is 5.68. The Morgan fingerprint density at radius 1 is 1.30 bits per heavy atom. The molecule has 5 nitrogen and oxygen atoms in total. The number of nitrogens with one attached hydrogen (secondary N) is 1. The summed E-state index contributed by atoms with van der Waals surface area (Å²) in [6.07, 6.45) is 3.54. The molecular weight excluding hydrogens is 320 g/mol. The molecule has 0 fully saturated rings. The number of rotatable bonds is 5. The number of methoxy groups -OCH3 is 1. The van der Waals surface area contributed by atoms with Crippen molar-refractivity contribution in [1.29, 1.82) is 0 Å². The van der Waals surface area contributed by atoms with Gasteiger partial charge < -0.3 is 10.1 Å². The van der Waals surface area contributed by atoms with Crippen molar-refractivity contribution in [2.75, 3.05) is 14.2 Å². The van der Waals surface area contributed by atoms with Gasteiger partial charge in [-0.25, -0.2) is 0 Å². The molecule has 1 atom stereocenters. The van der Waals surface area contributed by atoms with E-state index in [0.717, 1.165) is 21.6 Å². The van der Waals surface area contributed by atoms with Gasteiger partial charge in [-0.2, -0.15) is 5.10 Å². The molecule has 0 saturated carbocycles. The summed E-state index contributed by atoms with van der Waals surface area (Å²) < 4.78 is 8.36. The zero-order chi connectivity index (χ0) is 14.7. The van der Waals surface area contributed by atoms with E-state index in [2.05, 4.69) is 45.2 Å². The van der Waals surface area contributed by atoms with Crippen molar-refractivity contribution in [3.8, 4) is 5.75 Å². The molecule has 2 aromatic heterocycles. The second kappa shape index (κ2) is 6.37. The molecule has 1 unspecified atom stereocenters. The topological polar surface area (TPSA) is 52.0 Å². The molecule has 0 aliphatic rings. The maximum Gasteiger partial charge on any atom is 0.162 e. The Labute approximate surface area is 127 Å². The highest BCUT2D eigenvalue weighted by molar-refractivity contribution is 9.10. The van der Waals surface area contributed by atoms with Gasteiger partial charge in [-0.15, -0.1) is 0 Å². The second-order valence-electron chi connectivity index (χ2n) is 4.76. The molecule has 1 N–H and O–H groups in total. The Kier molecular flexibility index (Phi) is 4.77. The average Bonchev–Trinajstić information content (AvgIpc) is 2.86. The van der Waals surface area contributed by atoms with Crippen LogP contribution in [0.25, 0.3) is 0 Å². The predicted molar refractivity (Wildman–Crippen MR) is 82.0 cm³/mol. The van der Waals surface area contributed by atoms with Gasteiger partial charge in [-0.05, 0) is 49.0 Å². The summed E-state index contributed by atoms with van der Waals surface area (Å²) in [5.41, 5.74) is 1.91. The molecule has 0 radical (unpaired) electrons. The monoisotopic (exact) mass is 338 g/mol. The van der Waals surface area contributed by atoms with Crippen LogP contribution in [-0.4, -0.2) is 28.9 Å². The third kappa shape index (κ3) is 2.86. The number of pyridine rings is 1. The van der Waals surface area contributed by atoms with Crippen molar-refractivity contribution >= 4 is 15.9 Å². The molecule has 2 rings (SSSR count). The van der Waals surface area contributed by atoms with E-state index < -0.39 is 0 Å². The lowest BCUT2D eigenvalue weighted by Crippen LogP contribution is -2.23. The maximum absolute atomic E-state index is 5.44. The van der Waals surface area contributed by atoms with Gasteiger partial charge in [0.25, 0.3) is 0 Å². The summed E-state index contributed by atoms with van der Waals surface area (Å²) in [6.45, 7) is 4.19. The fourth-order valence-corrected chi connectivity index (χ4v) is 2.42. The molecule has 108 valence electrons. The summed E-state index contributed by atoms with van der Waals surface area (Å²) in [7, 11) is 3.57. The van der Waals surface area contributed by atoms with E-state index in [1.54, 1.807) is 19.5 Å². The van der Waals surface area contributed by atoms with Crippen LogP contribution in [0.4, 0.5) is 0 Å². The highest BCUT2D eigenvalue weighted by Crippen LogP contribution is 2.31. The molecule has 0 spiro atoms. The van der Waals surface area contributed by atoms with Crippen LogP contribution in [0.15, 0.2) is 29.0 Å². The van der Waals surface area contributed by atoms with Crippen molar-refractivity contribution in [1.82, 2.24) is 20.1 Å². The fourth-order valence-electron chi connectivity index (χ4n) is 2.18. The Hall–Kier alpha value is -1.40. The smallest absolute Gasteiger partial charge is 0.162 e. The standard InChI is InChI=1S/C14H19BrN4O/c1-9(2)19-14(12(20-4)8-18-19)13(16-3)11-6-5-10(15)7-17-11/h5-9,13,16H,1-4H3. The highest BCUT2D eigenvalue weighted by atomic mass is 79.9. The van der Waals surface area contributed by atoms with E-state index in [0.29, 0.717) is 0 Å². The van der Waals surface area contributed by atoms with E-state index in [-0.39, 0.29) is 12.1 Å². The van der Waals surface area contributed by atoms with Gasteiger partial charge in [0.15, 0.2) is 5.75 Å². The minimum atomic E-state index is -0.0667. The number of ether oxygens (including phenoxy) is 1. The summed E-state index contributed by atoms with van der Waals surface area (Å²) >= 11 is 3.41. The van der Waals surface area contributed by atoms with Gasteiger partial charge in [-0.1, -0.05) is 0 Å². The minimum absolute atomic E-state index is 0.0667. The SMILES string of the molecule is CNC(c1ccc(Br)cn1)c1c(OC)cnn1C(C)C. The van der Waals surface area contributed by atoms with Crippen LogP contribution in [0.1, 0.15) is 37.3 Å². The molecule has 0 amide bonds. The van der Waals surface area contributed by atoms with Crippen LogP contribution < -0.4 is 10.1 Å². The minimum Gasteiger partial charge on any atom is -0.493 e. The first-order chi connectivity index (χ1) is 9.58. The van der Waals surface area contributed by atoms with E-state index in [1.165, 1.54) is 0 Å². The Morgan fingerprint density at radius 2 is 2.05 bits per heavy atom. The van der Waals surface area contributed by atoms with Gasteiger partial charge in [0.1, 0.15) is 5.69 Å². The molecule has 0 saturated heterocycles. The zero-order valence-corrected chi connectivity index (χ0v) is 13.7. The summed E-state index contributed by atoms with van der Waals surface area (Å²) in [5.74, 6) is 0.766. The van der Waals surface area contributed by atoms with E-state index in [9.17, 15) is 0 Å². The lowest BCUT2D eigenvalue weighted by molar-refractivity contribution is 0.395. The first kappa shape index (κ1) is 15.0. The van der Waals surface area contributed by atoms with Crippen LogP contribution in [-0.2, 0) is 0 Å². The predicted octanol–water partition coefficient (Wildman–Crippen LogP) is 2.94. The Balaban J connectivity index is 2.50. The molecule has 2 aromatic rings. The number of aromatic nitrogens is 3. The normalized spacial score (nSPS) is 12.7. The molecular formula is C14H19BrN4O. The summed E-state index contributed by atoms with van der Waals surface area (Å²) in [6, 6.07) is 4.15. The van der Waals surface area contributed by atoms with Crippen molar-refractivity contribution in [3.05, 3.63) is 40.4 Å². The van der Waals surface area contributed by atoms with Gasteiger partial charge in [0.2, 0.25) is 0 Å². The molecule has 6 heteroatoms. The van der Waals surface area contributed by atoms with Crippen molar-refractivity contribution < 1.29 is 4.74 Å². The van der Waals surface area contributed by atoms with Crippen LogP contribution in [0.2, 0.25) is 0 Å². The Bertz CT molecular complexity index is 565. The third-order valence-corrected chi connectivity index (χ3v) is 3.58. The molecule has 0 bridgehead atoms. The van der Waals surface area contributed by atoms with Crippen molar-refractivity contribution in [2.24, 2.45) is 0 Å². The Morgan fingerprint density at radius 3 is 2.55 bits per heavy atom. The molecule has 2 heterocycles. The lowest BCUT2D eigenvalue weighted by atomic mass is 10.1. The maximum atomic E-state index is 5.44. The molecule has 0 aromatic carbocycles. The lowest BCUT2D eigenvalue weighted by Gasteiger charge is -2.20. The molecule has 0 aliphatic heterocycles. The largest absolute Gasteiger partial charge is 0.493 e. The number of hydrogen-bond acceptors (Lipinski definition) is 4. The summed E-state index contributed by atoms with van der Waals surface area (Å²) in [4.78, 5) is 4.48. The zero-order valence-electron chi connectivity index (χ0n) is 12.1. The highest BCUT2D eigenvalue weighted by Gasteiger charge is 2.24. The number of halogens is 1. The fraction of sp³-hybridized carbons (Fsp3) is 0.429. The van der Waals surface area contributed by atoms with Gasteiger partial charge >= 0.3 is 0 Å². The van der Waals surface area contributed by atoms with Gasteiger partial charge in [0.05, 0.1) is 25.0 Å². The average molecular weight is 339 g/mol. The first-order valence-electron chi connectivity index (χ1n) is 6.48. The van der Waals surface area contributed by atoms with Crippen molar-refractivity contribution in [3.63, 3.8) is 0 Å². The van der Waals surface area contributed by atoms with Crippen LogP contribution in [0.3, 0.4) is 0 Å². The van der Waals surface area contributed by atoms with Gasteiger partial charge in [-0.3, -0.25) is 9.67 Å².